The Hall–Kier alpha value is -2.12. The van der Waals surface area contributed by atoms with Crippen molar-refractivity contribution < 1.29 is 24.2 Å². The summed E-state index contributed by atoms with van der Waals surface area (Å²) in [5.74, 6) is 0.307. The molecule has 190 valence electrons. The smallest absolute Gasteiger partial charge is 0.407 e. The predicted octanol–water partition coefficient (Wildman–Crippen LogP) is 4.62. The maximum atomic E-state index is 13.0. The van der Waals surface area contributed by atoms with Crippen LogP contribution in [0.3, 0.4) is 0 Å². The van der Waals surface area contributed by atoms with Crippen molar-refractivity contribution in [2.24, 2.45) is 11.3 Å². The zero-order valence-electron chi connectivity index (χ0n) is 21.1. The maximum absolute atomic E-state index is 13.0. The van der Waals surface area contributed by atoms with Crippen molar-refractivity contribution in [2.75, 3.05) is 33.8 Å². The first-order chi connectivity index (χ1) is 16.3. The molecule has 2 aliphatic rings. The van der Waals surface area contributed by atoms with Crippen molar-refractivity contribution >= 4 is 12.1 Å². The number of esters is 1. The predicted molar refractivity (Wildman–Crippen MR) is 132 cm³/mol. The van der Waals surface area contributed by atoms with E-state index in [0.717, 1.165) is 63.5 Å². The Balaban J connectivity index is 1.69. The summed E-state index contributed by atoms with van der Waals surface area (Å²) in [4.78, 5) is 27.0. The second-order valence-electron chi connectivity index (χ2n) is 10.4. The minimum atomic E-state index is -0.918. The summed E-state index contributed by atoms with van der Waals surface area (Å²) in [6.45, 7) is 3.32. The fourth-order valence-corrected chi connectivity index (χ4v) is 5.75. The van der Waals surface area contributed by atoms with Crippen molar-refractivity contribution in [2.45, 2.75) is 76.7 Å². The lowest BCUT2D eigenvalue weighted by Crippen LogP contribution is -2.43. The maximum Gasteiger partial charge on any atom is 0.407 e. The van der Waals surface area contributed by atoms with Gasteiger partial charge in [0, 0.05) is 19.0 Å². The van der Waals surface area contributed by atoms with Gasteiger partial charge in [0.25, 0.3) is 0 Å². The van der Waals surface area contributed by atoms with Crippen LogP contribution in [0.25, 0.3) is 0 Å². The lowest BCUT2D eigenvalue weighted by Gasteiger charge is -2.41. The first kappa shape index (κ1) is 26.5. The highest BCUT2D eigenvalue weighted by molar-refractivity contribution is 5.73. The lowest BCUT2D eigenvalue weighted by molar-refractivity contribution is -0.137. The molecule has 2 saturated carbocycles. The minimum Gasteiger partial charge on any atom is -0.450 e. The highest BCUT2D eigenvalue weighted by Crippen LogP contribution is 2.43. The second kappa shape index (κ2) is 12.0. The van der Waals surface area contributed by atoms with Crippen LogP contribution >= 0.6 is 0 Å². The number of carbonyl (C=O) groups excluding carboxylic acids is 2. The fraction of sp³-hybridized carbons (Fsp3) is 0.704. The average Bonchev–Trinajstić information content (AvgIpc) is 2.80. The third-order valence-corrected chi connectivity index (χ3v) is 7.50. The molecule has 0 unspecified atom stereocenters. The van der Waals surface area contributed by atoms with Gasteiger partial charge in [-0.3, -0.25) is 4.79 Å². The summed E-state index contributed by atoms with van der Waals surface area (Å²) in [6.07, 6.45) is 8.57. The molecule has 3 rings (SSSR count). The zero-order valence-corrected chi connectivity index (χ0v) is 21.1. The van der Waals surface area contributed by atoms with Gasteiger partial charge in [-0.2, -0.15) is 0 Å². The van der Waals surface area contributed by atoms with Crippen LogP contribution in [0.2, 0.25) is 0 Å². The highest BCUT2D eigenvalue weighted by Gasteiger charge is 2.41. The molecule has 34 heavy (non-hydrogen) atoms. The Labute approximate surface area is 204 Å². The number of amides is 1. The molecule has 2 atom stereocenters. The quantitative estimate of drug-likeness (QED) is 0.401. The van der Waals surface area contributed by atoms with Gasteiger partial charge in [-0.1, -0.05) is 44.2 Å². The van der Waals surface area contributed by atoms with Crippen molar-refractivity contribution in [3.8, 4) is 5.75 Å². The van der Waals surface area contributed by atoms with Gasteiger partial charge in [-0.05, 0) is 69.8 Å². The Morgan fingerprint density at radius 1 is 1.12 bits per heavy atom. The van der Waals surface area contributed by atoms with Crippen LogP contribution in [0, 0.1) is 11.3 Å². The molecule has 1 aromatic carbocycles. The van der Waals surface area contributed by atoms with Gasteiger partial charge in [0.1, 0.15) is 5.75 Å². The van der Waals surface area contributed by atoms with Crippen LogP contribution in [-0.4, -0.2) is 55.9 Å². The average molecular weight is 475 g/mol. The summed E-state index contributed by atoms with van der Waals surface area (Å²) in [5.41, 5.74) is -0.405. The van der Waals surface area contributed by atoms with Crippen molar-refractivity contribution in [3.05, 3.63) is 29.8 Å². The summed E-state index contributed by atoms with van der Waals surface area (Å²) >= 11 is 0. The normalized spacial score (nSPS) is 24.4. The van der Waals surface area contributed by atoms with Crippen LogP contribution in [-0.2, 0) is 15.1 Å². The number of nitrogens with zero attached hydrogens (tertiary/aromatic N) is 1. The molecule has 0 aliphatic heterocycles. The largest absolute Gasteiger partial charge is 0.450 e. The highest BCUT2D eigenvalue weighted by atomic mass is 16.5. The van der Waals surface area contributed by atoms with E-state index in [4.69, 9.17) is 9.47 Å². The second-order valence-corrected chi connectivity index (χ2v) is 10.4. The minimum absolute atomic E-state index is 0.140. The van der Waals surface area contributed by atoms with Gasteiger partial charge < -0.3 is 24.8 Å². The molecule has 7 heteroatoms. The van der Waals surface area contributed by atoms with Gasteiger partial charge in [0.15, 0.2) is 0 Å². The van der Waals surface area contributed by atoms with Gasteiger partial charge in [0.05, 0.1) is 18.6 Å². The molecule has 0 saturated heterocycles. The summed E-state index contributed by atoms with van der Waals surface area (Å²) < 4.78 is 10.8. The number of aliphatic hydroxyl groups is 1. The number of nitrogens with one attached hydrogen (secondary N) is 1. The van der Waals surface area contributed by atoms with E-state index in [9.17, 15) is 14.7 Å². The summed E-state index contributed by atoms with van der Waals surface area (Å²) in [5, 5.41) is 14.5. The molecule has 0 spiro atoms. The van der Waals surface area contributed by atoms with Crippen molar-refractivity contribution in [1.29, 1.82) is 0 Å². The Bertz CT molecular complexity index is 821. The number of alkyl carbamates (subject to hydrolysis) is 1. The van der Waals surface area contributed by atoms with E-state index < -0.39 is 11.7 Å². The Morgan fingerprint density at radius 3 is 2.56 bits per heavy atom. The number of hydrogen-bond acceptors (Lipinski definition) is 6. The molecule has 0 bridgehead atoms. The molecule has 2 fully saturated rings. The molecule has 0 heterocycles. The van der Waals surface area contributed by atoms with Crippen LogP contribution in [0.15, 0.2) is 24.3 Å². The van der Waals surface area contributed by atoms with Gasteiger partial charge >= 0.3 is 12.1 Å². The van der Waals surface area contributed by atoms with Crippen LogP contribution in [0.4, 0.5) is 4.79 Å². The topological polar surface area (TPSA) is 88.1 Å². The number of hydrogen-bond donors (Lipinski definition) is 2. The number of rotatable bonds is 9. The molecular formula is C27H42N2O5. The summed E-state index contributed by atoms with van der Waals surface area (Å²) in [7, 11) is 4.07. The van der Waals surface area contributed by atoms with E-state index in [1.165, 1.54) is 0 Å². The van der Waals surface area contributed by atoms with Crippen molar-refractivity contribution in [1.82, 2.24) is 10.2 Å². The Morgan fingerprint density at radius 2 is 1.85 bits per heavy atom. The van der Waals surface area contributed by atoms with E-state index in [1.54, 1.807) is 13.0 Å². The molecule has 0 aromatic heterocycles. The fourth-order valence-electron chi connectivity index (χ4n) is 5.75. The molecule has 7 nitrogen and oxygen atoms in total. The first-order valence-corrected chi connectivity index (χ1v) is 12.9. The molecular weight excluding hydrogens is 432 g/mol. The first-order valence-electron chi connectivity index (χ1n) is 12.9. The Kier molecular flexibility index (Phi) is 9.37. The van der Waals surface area contributed by atoms with Gasteiger partial charge in [0.2, 0.25) is 0 Å². The van der Waals surface area contributed by atoms with Crippen LogP contribution < -0.4 is 10.1 Å². The number of benzene rings is 1. The van der Waals surface area contributed by atoms with Crippen molar-refractivity contribution in [3.63, 3.8) is 0 Å². The number of carbonyl (C=O) groups is 2. The third-order valence-electron chi connectivity index (χ3n) is 7.50. The van der Waals surface area contributed by atoms with E-state index in [1.807, 2.05) is 32.3 Å². The van der Waals surface area contributed by atoms with Gasteiger partial charge in [-0.25, -0.2) is 4.79 Å². The lowest BCUT2D eigenvalue weighted by atomic mass is 9.71. The van der Waals surface area contributed by atoms with Gasteiger partial charge in [-0.15, -0.1) is 0 Å². The van der Waals surface area contributed by atoms with Crippen LogP contribution in [0.5, 0.6) is 5.75 Å². The van der Waals surface area contributed by atoms with E-state index in [0.29, 0.717) is 25.3 Å². The monoisotopic (exact) mass is 474 g/mol. The molecule has 2 N–H and O–H groups in total. The molecule has 0 radical (unpaired) electrons. The summed E-state index contributed by atoms with van der Waals surface area (Å²) in [6, 6.07) is 7.41. The third kappa shape index (κ3) is 6.95. The van der Waals surface area contributed by atoms with E-state index in [-0.39, 0.29) is 23.7 Å². The SMILES string of the molecule is CCOC(=O)NCC1(CC(=O)Oc2cccc([C@]3(O)CCCC[C@H]3CN(C)C)c2)CCCCC1. The number of ether oxygens (including phenoxy) is 2. The van der Waals surface area contributed by atoms with E-state index in [2.05, 4.69) is 10.2 Å². The molecule has 2 aliphatic carbocycles. The molecule has 1 aromatic rings. The standard InChI is InChI=1S/C27H42N2O5/c1-4-33-25(31)28-20-26(14-7-5-8-15-26)18-24(30)34-23-13-10-12-21(17-23)27(32)16-9-6-11-22(27)19-29(2)3/h10,12-13,17,22,32H,4-9,11,14-16,18-20H2,1-3H3,(H,28,31)/t22-,27+/m0/s1. The van der Waals surface area contributed by atoms with E-state index >= 15 is 0 Å². The van der Waals surface area contributed by atoms with Crippen LogP contribution in [0.1, 0.15) is 76.7 Å². The molecule has 1 amide bonds. The zero-order chi connectivity index (χ0) is 24.6.